The van der Waals surface area contributed by atoms with Crippen molar-refractivity contribution in [2.45, 2.75) is 66.8 Å². The van der Waals surface area contributed by atoms with Crippen molar-refractivity contribution >= 4 is 5.91 Å². The van der Waals surface area contributed by atoms with Gasteiger partial charge < -0.3 is 10.2 Å². The number of nitrogens with zero attached hydrogens (tertiary/aromatic N) is 1. The van der Waals surface area contributed by atoms with Crippen LogP contribution in [-0.4, -0.2) is 36.5 Å². The van der Waals surface area contributed by atoms with E-state index in [1.54, 1.807) is 0 Å². The summed E-state index contributed by atoms with van der Waals surface area (Å²) in [4.78, 5) is 13.5. The Bertz CT molecular complexity index is 170. The second kappa shape index (κ2) is 13.5. The quantitative estimate of drug-likeness (QED) is 0.666. The number of hydrogen-bond acceptors (Lipinski definition) is 2. The van der Waals surface area contributed by atoms with E-state index in [1.807, 2.05) is 25.7 Å². The summed E-state index contributed by atoms with van der Waals surface area (Å²) < 4.78 is 0. The molecule has 0 aromatic rings. The third-order valence-corrected chi connectivity index (χ3v) is 2.48. The highest BCUT2D eigenvalue weighted by Gasteiger charge is 2.13. The number of unbranched alkanes of at least 4 members (excludes halogenated alkanes) is 1. The Morgan fingerprint density at radius 3 is 2.18 bits per heavy atom. The average Bonchev–Trinajstić information content (AvgIpc) is 2.35. The van der Waals surface area contributed by atoms with Gasteiger partial charge in [0.2, 0.25) is 5.91 Å². The van der Waals surface area contributed by atoms with Crippen LogP contribution in [0.2, 0.25) is 0 Å². The van der Waals surface area contributed by atoms with Crippen LogP contribution in [0.3, 0.4) is 0 Å². The molecular weight excluding hydrogens is 212 g/mol. The molecule has 3 heteroatoms. The summed E-state index contributed by atoms with van der Waals surface area (Å²) in [6.45, 7) is 15.0. The van der Waals surface area contributed by atoms with Crippen molar-refractivity contribution in [1.82, 2.24) is 10.2 Å². The van der Waals surface area contributed by atoms with Gasteiger partial charge in [0.25, 0.3) is 0 Å². The van der Waals surface area contributed by atoms with E-state index < -0.39 is 0 Å². The predicted octanol–water partition coefficient (Wildman–Crippen LogP) is 3.05. The summed E-state index contributed by atoms with van der Waals surface area (Å²) in [6.07, 6.45) is 3.03. The average molecular weight is 244 g/mol. The lowest BCUT2D eigenvalue weighted by atomic mass is 10.2. The van der Waals surface area contributed by atoms with E-state index in [-0.39, 0.29) is 5.91 Å². The normalized spacial score (nSPS) is 9.82. The van der Waals surface area contributed by atoms with E-state index in [2.05, 4.69) is 26.1 Å². The molecule has 1 N–H and O–H groups in total. The molecule has 0 unspecified atom stereocenters. The zero-order valence-corrected chi connectivity index (χ0v) is 12.7. The molecule has 0 bridgehead atoms. The van der Waals surface area contributed by atoms with Gasteiger partial charge in [0.05, 0.1) is 0 Å². The third kappa shape index (κ3) is 10.3. The second-order valence-electron chi connectivity index (χ2n) is 4.14. The number of rotatable bonds is 8. The lowest BCUT2D eigenvalue weighted by Crippen LogP contribution is -2.41. The summed E-state index contributed by atoms with van der Waals surface area (Å²) in [5.41, 5.74) is 0. The molecule has 0 heterocycles. The van der Waals surface area contributed by atoms with Gasteiger partial charge >= 0.3 is 0 Å². The summed E-state index contributed by atoms with van der Waals surface area (Å²) in [5, 5.41) is 3.36. The molecular formula is C14H32N2O. The number of carbonyl (C=O) groups excluding carboxylic acids is 1. The molecule has 0 spiro atoms. The van der Waals surface area contributed by atoms with Crippen LogP contribution in [0.1, 0.15) is 60.8 Å². The van der Waals surface area contributed by atoms with Crippen LogP contribution in [0.25, 0.3) is 0 Å². The molecule has 1 amide bonds. The van der Waals surface area contributed by atoms with Gasteiger partial charge in [0.15, 0.2) is 0 Å². The molecule has 0 aliphatic rings. The van der Waals surface area contributed by atoms with Crippen LogP contribution < -0.4 is 5.32 Å². The monoisotopic (exact) mass is 244 g/mol. The molecule has 0 rings (SSSR count). The first kappa shape index (κ1) is 18.8. The maximum atomic E-state index is 11.6. The van der Waals surface area contributed by atoms with Gasteiger partial charge in [0, 0.05) is 25.6 Å². The number of amides is 1. The van der Waals surface area contributed by atoms with Gasteiger partial charge in [-0.15, -0.1) is 0 Å². The molecule has 0 saturated heterocycles. The highest BCUT2D eigenvalue weighted by Crippen LogP contribution is 2.00. The minimum Gasteiger partial charge on any atom is -0.339 e. The summed E-state index contributed by atoms with van der Waals surface area (Å²) in [6, 6.07) is 0.311. The molecule has 3 nitrogen and oxygen atoms in total. The molecule has 0 aliphatic heterocycles. The van der Waals surface area contributed by atoms with E-state index in [1.165, 1.54) is 12.8 Å². The van der Waals surface area contributed by atoms with Crippen molar-refractivity contribution in [2.75, 3.05) is 19.6 Å². The van der Waals surface area contributed by atoms with Crippen molar-refractivity contribution in [3.05, 3.63) is 0 Å². The van der Waals surface area contributed by atoms with Crippen molar-refractivity contribution in [1.29, 1.82) is 0 Å². The lowest BCUT2D eigenvalue weighted by molar-refractivity contribution is -0.132. The fourth-order valence-corrected chi connectivity index (χ4v) is 1.50. The lowest BCUT2D eigenvalue weighted by Gasteiger charge is -2.26. The summed E-state index contributed by atoms with van der Waals surface area (Å²) in [5.74, 6) is 0.252. The van der Waals surface area contributed by atoms with Gasteiger partial charge in [0.1, 0.15) is 0 Å². The largest absolute Gasteiger partial charge is 0.339 e. The molecule has 0 saturated carbocycles. The van der Waals surface area contributed by atoms with E-state index in [9.17, 15) is 4.79 Å². The number of nitrogens with one attached hydrogen (secondary N) is 1. The van der Waals surface area contributed by atoms with Crippen molar-refractivity contribution < 1.29 is 4.79 Å². The Hall–Kier alpha value is -0.570. The summed E-state index contributed by atoms with van der Waals surface area (Å²) >= 11 is 0. The molecule has 0 aliphatic carbocycles. The van der Waals surface area contributed by atoms with Crippen LogP contribution in [0.4, 0.5) is 0 Å². The van der Waals surface area contributed by atoms with Gasteiger partial charge in [-0.1, -0.05) is 34.1 Å². The fourth-order valence-electron chi connectivity index (χ4n) is 1.50. The van der Waals surface area contributed by atoms with E-state index in [4.69, 9.17) is 0 Å². The van der Waals surface area contributed by atoms with Crippen LogP contribution in [0.15, 0.2) is 0 Å². The zero-order valence-electron chi connectivity index (χ0n) is 12.7. The molecule has 0 atom stereocenters. The van der Waals surface area contributed by atoms with Gasteiger partial charge in [-0.3, -0.25) is 4.79 Å². The SMILES string of the molecule is CC.CCCCNCCN(C(=O)CC)C(C)C. The standard InChI is InChI=1S/C12H26N2O.C2H6/c1-5-7-8-13-9-10-14(11(3)4)12(15)6-2;1-2/h11,13H,5-10H2,1-4H3;1-2H3. The predicted molar refractivity (Wildman–Crippen MR) is 76.3 cm³/mol. The molecule has 17 heavy (non-hydrogen) atoms. The Balaban J connectivity index is 0. The number of carbonyl (C=O) groups is 1. The van der Waals surface area contributed by atoms with E-state index >= 15 is 0 Å². The zero-order chi connectivity index (χ0) is 13.7. The van der Waals surface area contributed by atoms with Crippen molar-refractivity contribution in [3.8, 4) is 0 Å². The van der Waals surface area contributed by atoms with Gasteiger partial charge in [-0.2, -0.15) is 0 Å². The number of hydrogen-bond donors (Lipinski definition) is 1. The van der Waals surface area contributed by atoms with Crippen LogP contribution in [0, 0.1) is 0 Å². The second-order valence-corrected chi connectivity index (χ2v) is 4.14. The smallest absolute Gasteiger partial charge is 0.222 e. The van der Waals surface area contributed by atoms with Gasteiger partial charge in [-0.05, 0) is 26.8 Å². The van der Waals surface area contributed by atoms with Crippen LogP contribution in [0.5, 0.6) is 0 Å². The maximum Gasteiger partial charge on any atom is 0.222 e. The maximum absolute atomic E-state index is 11.6. The first-order valence-corrected chi connectivity index (χ1v) is 7.13. The van der Waals surface area contributed by atoms with Crippen LogP contribution in [-0.2, 0) is 4.79 Å². The minimum absolute atomic E-state index is 0.252. The molecule has 0 aromatic carbocycles. The molecule has 0 aromatic heterocycles. The highest BCUT2D eigenvalue weighted by molar-refractivity contribution is 5.76. The molecule has 0 radical (unpaired) electrons. The Kier molecular flexibility index (Phi) is 14.9. The van der Waals surface area contributed by atoms with E-state index in [0.717, 1.165) is 19.6 Å². The molecule has 0 fully saturated rings. The highest BCUT2D eigenvalue weighted by atomic mass is 16.2. The van der Waals surface area contributed by atoms with Gasteiger partial charge in [-0.25, -0.2) is 0 Å². The van der Waals surface area contributed by atoms with Crippen molar-refractivity contribution in [2.24, 2.45) is 0 Å². The van der Waals surface area contributed by atoms with E-state index in [0.29, 0.717) is 12.5 Å². The topological polar surface area (TPSA) is 32.3 Å². The summed E-state index contributed by atoms with van der Waals surface area (Å²) in [7, 11) is 0. The first-order chi connectivity index (χ1) is 8.13. The minimum atomic E-state index is 0.252. The fraction of sp³-hybridized carbons (Fsp3) is 0.929. The molecule has 104 valence electrons. The van der Waals surface area contributed by atoms with Crippen molar-refractivity contribution in [3.63, 3.8) is 0 Å². The Labute approximate surface area is 108 Å². The van der Waals surface area contributed by atoms with Crippen LogP contribution >= 0.6 is 0 Å². The first-order valence-electron chi connectivity index (χ1n) is 7.13. The Morgan fingerprint density at radius 1 is 1.18 bits per heavy atom. The Morgan fingerprint density at radius 2 is 1.76 bits per heavy atom. The third-order valence-electron chi connectivity index (χ3n) is 2.48.